The van der Waals surface area contributed by atoms with Gasteiger partial charge < -0.3 is 9.32 Å². The zero-order chi connectivity index (χ0) is 42.4. The van der Waals surface area contributed by atoms with E-state index in [0.29, 0.717) is 0 Å². The molecule has 2 heteroatoms. The monoisotopic (exact) mass is 815 g/mol. The molecule has 12 rings (SSSR count). The molecule has 0 saturated carbocycles. The van der Waals surface area contributed by atoms with Gasteiger partial charge in [-0.25, -0.2) is 0 Å². The fourth-order valence-corrected chi connectivity index (χ4v) is 9.42. The Kier molecular flexibility index (Phi) is 9.20. The second-order valence-corrected chi connectivity index (χ2v) is 16.5. The predicted octanol–water partition coefficient (Wildman–Crippen LogP) is 17.7. The van der Waals surface area contributed by atoms with Crippen LogP contribution in [0.4, 0.5) is 17.1 Å². The molecule has 0 aliphatic rings. The number of hydrogen-bond acceptors (Lipinski definition) is 2. The predicted molar refractivity (Wildman–Crippen MR) is 271 cm³/mol. The van der Waals surface area contributed by atoms with Gasteiger partial charge in [0.1, 0.15) is 11.3 Å². The third kappa shape index (κ3) is 6.79. The van der Waals surface area contributed by atoms with Gasteiger partial charge in [-0.15, -0.1) is 0 Å². The molecule has 64 heavy (non-hydrogen) atoms. The van der Waals surface area contributed by atoms with Crippen LogP contribution in [0.1, 0.15) is 0 Å². The summed E-state index contributed by atoms with van der Waals surface area (Å²) >= 11 is 0. The maximum atomic E-state index is 6.61. The summed E-state index contributed by atoms with van der Waals surface area (Å²) in [6, 6.07) is 89.6. The van der Waals surface area contributed by atoms with Gasteiger partial charge in [0.25, 0.3) is 0 Å². The maximum Gasteiger partial charge on any atom is 0.143 e. The van der Waals surface area contributed by atoms with E-state index in [1.54, 1.807) is 0 Å². The lowest BCUT2D eigenvalue weighted by Gasteiger charge is -2.26. The number of nitrogens with zero attached hydrogens (tertiary/aromatic N) is 1. The van der Waals surface area contributed by atoms with E-state index in [1.807, 2.05) is 6.07 Å². The van der Waals surface area contributed by atoms with Gasteiger partial charge in [0.05, 0.1) is 0 Å². The highest BCUT2D eigenvalue weighted by molar-refractivity contribution is 6.08. The molecule has 11 aromatic carbocycles. The standard InChI is InChI=1S/C62H41NO/c1-2-14-46(15-3-1)61-59-22-8-9-23-60(59)64-62(61)53-19-10-17-48(40-53)43-28-33-54(34-29-43)63(56-20-11-18-49(41-56)51-26-24-42-12-4-5-16-47(42)38-51)55-35-30-44(31-36-55)50-32-37-58-52(39-50)27-25-45-13-6-7-21-57(45)58/h1-41H. The van der Waals surface area contributed by atoms with Crippen LogP contribution < -0.4 is 4.90 Å². The Morgan fingerprint density at radius 3 is 1.53 bits per heavy atom. The number of rotatable bonds is 8. The van der Waals surface area contributed by atoms with E-state index in [1.165, 1.54) is 54.6 Å². The first kappa shape index (κ1) is 37.3. The molecular weight excluding hydrogens is 775 g/mol. The Bertz CT molecular complexity index is 3660. The molecule has 0 bridgehead atoms. The summed E-state index contributed by atoms with van der Waals surface area (Å²) in [6.45, 7) is 0. The molecule has 300 valence electrons. The molecule has 0 atom stereocenters. The number of anilines is 3. The molecule has 0 N–H and O–H groups in total. The maximum absolute atomic E-state index is 6.61. The van der Waals surface area contributed by atoms with Gasteiger partial charge in [0, 0.05) is 33.6 Å². The van der Waals surface area contributed by atoms with E-state index in [9.17, 15) is 0 Å². The van der Waals surface area contributed by atoms with Crippen LogP contribution in [0.25, 0.3) is 99.1 Å². The van der Waals surface area contributed by atoms with Crippen LogP contribution in [0.5, 0.6) is 0 Å². The van der Waals surface area contributed by atoms with E-state index in [4.69, 9.17) is 4.42 Å². The molecule has 2 nitrogen and oxygen atoms in total. The molecule has 0 radical (unpaired) electrons. The molecule has 0 spiro atoms. The fourth-order valence-electron chi connectivity index (χ4n) is 9.42. The lowest BCUT2D eigenvalue weighted by Crippen LogP contribution is -2.10. The van der Waals surface area contributed by atoms with Crippen LogP contribution in [0.15, 0.2) is 253 Å². The number of furan rings is 1. The molecule has 1 heterocycles. The molecule has 0 aliphatic carbocycles. The van der Waals surface area contributed by atoms with Gasteiger partial charge in [-0.1, -0.05) is 188 Å². The Morgan fingerprint density at radius 1 is 0.250 bits per heavy atom. The van der Waals surface area contributed by atoms with Crippen LogP contribution in [-0.2, 0) is 0 Å². The van der Waals surface area contributed by atoms with Crippen molar-refractivity contribution in [1.82, 2.24) is 0 Å². The number of benzene rings is 11. The molecule has 0 aliphatic heterocycles. The summed E-state index contributed by atoms with van der Waals surface area (Å²) in [7, 11) is 0. The first-order valence-corrected chi connectivity index (χ1v) is 21.9. The average molecular weight is 816 g/mol. The zero-order valence-corrected chi connectivity index (χ0v) is 35.0. The number of para-hydroxylation sites is 1. The topological polar surface area (TPSA) is 16.4 Å². The molecule has 0 saturated heterocycles. The van der Waals surface area contributed by atoms with Crippen molar-refractivity contribution in [3.63, 3.8) is 0 Å². The molecule has 12 aromatic rings. The van der Waals surface area contributed by atoms with Crippen LogP contribution >= 0.6 is 0 Å². The Hall–Kier alpha value is -8.46. The average Bonchev–Trinajstić information content (AvgIpc) is 3.77. The smallest absolute Gasteiger partial charge is 0.143 e. The highest BCUT2D eigenvalue weighted by atomic mass is 16.3. The van der Waals surface area contributed by atoms with Crippen molar-refractivity contribution in [1.29, 1.82) is 0 Å². The molecule has 1 aromatic heterocycles. The number of hydrogen-bond donors (Lipinski definition) is 0. The van der Waals surface area contributed by atoms with Crippen molar-refractivity contribution in [2.75, 3.05) is 4.90 Å². The van der Waals surface area contributed by atoms with E-state index >= 15 is 0 Å². The second-order valence-electron chi connectivity index (χ2n) is 16.5. The van der Waals surface area contributed by atoms with Gasteiger partial charge in [0.2, 0.25) is 0 Å². The van der Waals surface area contributed by atoms with Crippen LogP contribution in [0, 0.1) is 0 Å². The summed E-state index contributed by atoms with van der Waals surface area (Å²) < 4.78 is 6.61. The lowest BCUT2D eigenvalue weighted by atomic mass is 9.96. The van der Waals surface area contributed by atoms with Gasteiger partial charge in [-0.3, -0.25) is 0 Å². The Balaban J connectivity index is 0.922. The van der Waals surface area contributed by atoms with Crippen molar-refractivity contribution in [2.45, 2.75) is 0 Å². The Morgan fingerprint density at radius 2 is 0.750 bits per heavy atom. The first-order valence-electron chi connectivity index (χ1n) is 21.9. The van der Waals surface area contributed by atoms with Gasteiger partial charge in [-0.05, 0) is 132 Å². The molecule has 0 fully saturated rings. The van der Waals surface area contributed by atoms with Crippen LogP contribution in [0.2, 0.25) is 0 Å². The van der Waals surface area contributed by atoms with Crippen molar-refractivity contribution in [3.05, 3.63) is 249 Å². The van der Waals surface area contributed by atoms with E-state index in [-0.39, 0.29) is 0 Å². The van der Waals surface area contributed by atoms with Crippen molar-refractivity contribution < 1.29 is 4.42 Å². The molecular formula is C62H41NO. The summed E-state index contributed by atoms with van der Waals surface area (Å²) in [4.78, 5) is 2.36. The minimum absolute atomic E-state index is 0.879. The molecule has 0 amide bonds. The van der Waals surface area contributed by atoms with Gasteiger partial charge >= 0.3 is 0 Å². The highest BCUT2D eigenvalue weighted by Crippen LogP contribution is 2.43. The Labute approximate surface area is 372 Å². The van der Waals surface area contributed by atoms with Crippen molar-refractivity contribution in [2.24, 2.45) is 0 Å². The zero-order valence-electron chi connectivity index (χ0n) is 35.0. The van der Waals surface area contributed by atoms with Gasteiger partial charge in [-0.2, -0.15) is 0 Å². The van der Waals surface area contributed by atoms with Gasteiger partial charge in [0.15, 0.2) is 0 Å². The minimum atomic E-state index is 0.879. The van der Waals surface area contributed by atoms with E-state index in [2.05, 4.69) is 248 Å². The third-order valence-electron chi connectivity index (χ3n) is 12.6. The summed E-state index contributed by atoms with van der Waals surface area (Å²) in [5.74, 6) is 0.879. The first-order chi connectivity index (χ1) is 31.7. The molecule has 0 unspecified atom stereocenters. The summed E-state index contributed by atoms with van der Waals surface area (Å²) in [6.07, 6.45) is 0. The largest absolute Gasteiger partial charge is 0.455 e. The quantitative estimate of drug-likeness (QED) is 0.142. The fraction of sp³-hybridized carbons (Fsp3) is 0. The summed E-state index contributed by atoms with van der Waals surface area (Å²) in [5.41, 5.74) is 14.4. The minimum Gasteiger partial charge on any atom is -0.455 e. The number of fused-ring (bicyclic) bond motifs is 5. The van der Waals surface area contributed by atoms with E-state index in [0.717, 1.165) is 61.6 Å². The summed E-state index contributed by atoms with van der Waals surface area (Å²) in [5, 5.41) is 8.65. The van der Waals surface area contributed by atoms with Crippen LogP contribution in [0.3, 0.4) is 0 Å². The lowest BCUT2D eigenvalue weighted by molar-refractivity contribution is 0.632. The van der Waals surface area contributed by atoms with Crippen LogP contribution in [-0.4, -0.2) is 0 Å². The third-order valence-corrected chi connectivity index (χ3v) is 12.6. The van der Waals surface area contributed by atoms with E-state index < -0.39 is 0 Å². The SMILES string of the molecule is c1ccc(-c2c(-c3cccc(-c4ccc(N(c5ccc(-c6ccc7c(ccc8ccccc87)c6)cc5)c5cccc(-c6ccc7ccccc7c6)c5)cc4)c3)oc3ccccc23)cc1. The second kappa shape index (κ2) is 15.8. The van der Waals surface area contributed by atoms with Crippen molar-refractivity contribution in [3.8, 4) is 55.8 Å². The van der Waals surface area contributed by atoms with Crippen molar-refractivity contribution >= 4 is 60.3 Å². The highest BCUT2D eigenvalue weighted by Gasteiger charge is 2.19. The normalized spacial score (nSPS) is 11.4.